The minimum absolute atomic E-state index is 0.0714. The maximum Gasteiger partial charge on any atom is 0.185 e. The van der Waals surface area contributed by atoms with Crippen LogP contribution < -0.4 is 5.73 Å². The fourth-order valence-electron chi connectivity index (χ4n) is 1.62. The van der Waals surface area contributed by atoms with Crippen molar-refractivity contribution in [1.29, 1.82) is 0 Å². The number of para-hydroxylation sites is 1. The Morgan fingerprint density at radius 1 is 1.28 bits per heavy atom. The average molecular weight is 302 g/mol. The summed E-state index contributed by atoms with van der Waals surface area (Å²) in [6.07, 6.45) is 0. The average Bonchev–Trinajstić information content (AvgIpc) is 2.67. The van der Waals surface area contributed by atoms with Gasteiger partial charge < -0.3 is 5.73 Å². The van der Waals surface area contributed by atoms with Gasteiger partial charge in [0.05, 0.1) is 20.7 Å². The van der Waals surface area contributed by atoms with Gasteiger partial charge in [0.15, 0.2) is 9.84 Å². The minimum atomic E-state index is -3.43. The molecule has 0 spiro atoms. The van der Waals surface area contributed by atoms with Gasteiger partial charge in [-0.25, -0.2) is 8.42 Å². The number of nitrogens with two attached hydrogens (primary N) is 1. The summed E-state index contributed by atoms with van der Waals surface area (Å²) in [5, 5.41) is 0. The second-order valence-electron chi connectivity index (χ2n) is 3.95. The number of benzene rings is 1. The molecular weight excluding hydrogens is 290 g/mol. The summed E-state index contributed by atoms with van der Waals surface area (Å²) < 4.78 is 25.1. The fraction of sp³-hybridized carbons (Fsp3) is 0.167. The summed E-state index contributed by atoms with van der Waals surface area (Å²) in [4.78, 5) is 0.896. The number of thiophene rings is 1. The molecule has 0 fully saturated rings. The first-order chi connectivity index (χ1) is 8.40. The maximum atomic E-state index is 12.3. The van der Waals surface area contributed by atoms with Crippen LogP contribution >= 0.6 is 22.9 Å². The molecule has 0 saturated heterocycles. The highest BCUT2D eigenvalue weighted by Gasteiger charge is 2.19. The second-order valence-corrected chi connectivity index (χ2v) is 7.71. The van der Waals surface area contributed by atoms with Crippen LogP contribution in [0.15, 0.2) is 35.2 Å². The van der Waals surface area contributed by atoms with E-state index in [1.165, 1.54) is 17.4 Å². The van der Waals surface area contributed by atoms with Crippen LogP contribution in [0.1, 0.15) is 10.4 Å². The first kappa shape index (κ1) is 13.4. The third-order valence-electron chi connectivity index (χ3n) is 2.58. The molecule has 0 atom stereocenters. The van der Waals surface area contributed by atoms with Gasteiger partial charge in [0.25, 0.3) is 0 Å². The molecule has 1 aromatic heterocycles. The predicted octanol–water partition coefficient (Wildman–Crippen LogP) is 3.27. The third-order valence-corrected chi connectivity index (χ3v) is 5.71. The Bertz CT molecular complexity index is 677. The third kappa shape index (κ3) is 2.68. The van der Waals surface area contributed by atoms with E-state index in [1.807, 2.05) is 0 Å². The monoisotopic (exact) mass is 301 g/mol. The van der Waals surface area contributed by atoms with Crippen LogP contribution in [0.3, 0.4) is 0 Å². The van der Waals surface area contributed by atoms with Crippen molar-refractivity contribution in [2.45, 2.75) is 17.6 Å². The van der Waals surface area contributed by atoms with Crippen LogP contribution in [-0.4, -0.2) is 8.42 Å². The van der Waals surface area contributed by atoms with Gasteiger partial charge in [0.1, 0.15) is 0 Å². The number of hydrogen-bond acceptors (Lipinski definition) is 4. The van der Waals surface area contributed by atoms with E-state index in [4.69, 9.17) is 17.3 Å². The molecule has 18 heavy (non-hydrogen) atoms. The van der Waals surface area contributed by atoms with Crippen molar-refractivity contribution < 1.29 is 8.42 Å². The Morgan fingerprint density at radius 2 is 2.00 bits per heavy atom. The van der Waals surface area contributed by atoms with Crippen molar-refractivity contribution in [3.8, 4) is 0 Å². The van der Waals surface area contributed by atoms with Gasteiger partial charge in [-0.1, -0.05) is 23.7 Å². The van der Waals surface area contributed by atoms with Crippen LogP contribution in [0.5, 0.6) is 0 Å². The van der Waals surface area contributed by atoms with Gasteiger partial charge in [0, 0.05) is 4.88 Å². The first-order valence-corrected chi connectivity index (χ1v) is 8.07. The zero-order chi connectivity index (χ0) is 13.3. The Hall–Kier alpha value is -1.04. The summed E-state index contributed by atoms with van der Waals surface area (Å²) in [6.45, 7) is 1.79. The van der Waals surface area contributed by atoms with Crippen molar-refractivity contribution in [1.82, 2.24) is 0 Å². The normalized spacial score (nSPS) is 11.7. The standard InChI is InChI=1S/C12H12ClNO2S2/c1-8-3-2-4-10(12(8)14)18(15,16)7-9-5-6-11(13)17-9/h2-6H,7,14H2,1H3. The lowest BCUT2D eigenvalue weighted by Crippen LogP contribution is -2.08. The molecule has 2 aromatic rings. The number of hydrogen-bond donors (Lipinski definition) is 1. The van der Waals surface area contributed by atoms with Crippen LogP contribution in [0.4, 0.5) is 5.69 Å². The van der Waals surface area contributed by atoms with E-state index < -0.39 is 9.84 Å². The quantitative estimate of drug-likeness (QED) is 0.885. The van der Waals surface area contributed by atoms with Gasteiger partial charge in [-0.3, -0.25) is 0 Å². The molecule has 0 unspecified atom stereocenters. The van der Waals surface area contributed by atoms with Crippen LogP contribution in [0.2, 0.25) is 4.34 Å². The van der Waals surface area contributed by atoms with E-state index in [0.29, 0.717) is 14.9 Å². The molecule has 2 N–H and O–H groups in total. The molecule has 0 aliphatic heterocycles. The zero-order valence-electron chi connectivity index (χ0n) is 9.68. The number of rotatable bonds is 3. The second kappa shape index (κ2) is 4.91. The van der Waals surface area contributed by atoms with Gasteiger partial charge >= 0.3 is 0 Å². The number of anilines is 1. The van der Waals surface area contributed by atoms with E-state index in [1.54, 1.807) is 31.2 Å². The minimum Gasteiger partial charge on any atom is -0.397 e. The summed E-state index contributed by atoms with van der Waals surface area (Å²) in [6, 6.07) is 8.43. The van der Waals surface area contributed by atoms with Crippen molar-refractivity contribution in [2.24, 2.45) is 0 Å². The number of nitrogen functional groups attached to an aromatic ring is 1. The van der Waals surface area contributed by atoms with Gasteiger partial charge in [-0.05, 0) is 30.7 Å². The van der Waals surface area contributed by atoms with Crippen molar-refractivity contribution in [3.05, 3.63) is 45.1 Å². The fourth-order valence-corrected chi connectivity index (χ4v) is 4.61. The summed E-state index contributed by atoms with van der Waals surface area (Å²) in [5.41, 5.74) is 6.91. The highest BCUT2D eigenvalue weighted by atomic mass is 35.5. The smallest absolute Gasteiger partial charge is 0.185 e. The molecule has 3 nitrogen and oxygen atoms in total. The van der Waals surface area contributed by atoms with Crippen LogP contribution in [0, 0.1) is 6.92 Å². The van der Waals surface area contributed by atoms with E-state index in [-0.39, 0.29) is 10.6 Å². The molecule has 2 rings (SSSR count). The number of halogens is 1. The molecular formula is C12H12ClNO2S2. The highest BCUT2D eigenvalue weighted by molar-refractivity contribution is 7.91. The number of aryl methyl sites for hydroxylation is 1. The Kier molecular flexibility index (Phi) is 3.66. The van der Waals surface area contributed by atoms with Crippen LogP contribution in [0.25, 0.3) is 0 Å². The molecule has 96 valence electrons. The highest BCUT2D eigenvalue weighted by Crippen LogP contribution is 2.28. The molecule has 0 bridgehead atoms. The van der Waals surface area contributed by atoms with Crippen molar-refractivity contribution >= 4 is 38.5 Å². The van der Waals surface area contributed by atoms with E-state index in [9.17, 15) is 8.42 Å². The SMILES string of the molecule is Cc1cccc(S(=O)(=O)Cc2ccc(Cl)s2)c1N. The Morgan fingerprint density at radius 3 is 2.61 bits per heavy atom. The van der Waals surface area contributed by atoms with Crippen molar-refractivity contribution in [3.63, 3.8) is 0 Å². The lowest BCUT2D eigenvalue weighted by atomic mass is 10.2. The Labute approximate surface area is 115 Å². The van der Waals surface area contributed by atoms with Gasteiger partial charge in [-0.15, -0.1) is 11.3 Å². The maximum absolute atomic E-state index is 12.3. The first-order valence-electron chi connectivity index (χ1n) is 5.22. The molecule has 0 aliphatic carbocycles. The van der Waals surface area contributed by atoms with E-state index >= 15 is 0 Å². The molecule has 1 heterocycles. The van der Waals surface area contributed by atoms with E-state index in [2.05, 4.69) is 0 Å². The van der Waals surface area contributed by atoms with Gasteiger partial charge in [0.2, 0.25) is 0 Å². The predicted molar refractivity (Wildman–Crippen MR) is 75.8 cm³/mol. The molecule has 0 radical (unpaired) electrons. The van der Waals surface area contributed by atoms with E-state index in [0.717, 1.165) is 5.56 Å². The number of sulfone groups is 1. The summed E-state index contributed by atoms with van der Waals surface area (Å²) in [5.74, 6) is -0.0714. The molecule has 1 aromatic carbocycles. The molecule has 6 heteroatoms. The topological polar surface area (TPSA) is 60.2 Å². The summed E-state index contributed by atoms with van der Waals surface area (Å²) in [7, 11) is -3.43. The molecule has 0 saturated carbocycles. The Balaban J connectivity index is 2.40. The largest absolute Gasteiger partial charge is 0.397 e. The molecule has 0 aliphatic rings. The van der Waals surface area contributed by atoms with Gasteiger partial charge in [-0.2, -0.15) is 0 Å². The lowest BCUT2D eigenvalue weighted by Gasteiger charge is -2.08. The molecule has 0 amide bonds. The zero-order valence-corrected chi connectivity index (χ0v) is 12.1. The van der Waals surface area contributed by atoms with Crippen molar-refractivity contribution in [2.75, 3.05) is 5.73 Å². The lowest BCUT2D eigenvalue weighted by molar-refractivity contribution is 0.596. The summed E-state index contributed by atoms with van der Waals surface area (Å²) >= 11 is 7.06. The van der Waals surface area contributed by atoms with Crippen LogP contribution in [-0.2, 0) is 15.6 Å².